The fraction of sp³-hybridized carbons (Fsp3) is 0.391. The minimum Gasteiger partial charge on any atom is -0.508 e. The summed E-state index contributed by atoms with van der Waals surface area (Å²) in [4.78, 5) is 23.1. The highest BCUT2D eigenvalue weighted by Gasteiger charge is 2.21. The third-order valence-electron chi connectivity index (χ3n) is 4.57. The number of hydrogen-bond donors (Lipinski definition) is 2. The lowest BCUT2D eigenvalue weighted by Crippen LogP contribution is -2.27. The van der Waals surface area contributed by atoms with Gasteiger partial charge in [-0.25, -0.2) is 0 Å². The number of carbonyl (C=O) groups excluding carboxylic acids is 2. The van der Waals surface area contributed by atoms with Gasteiger partial charge in [0, 0.05) is 20.3 Å². The second-order valence-corrected chi connectivity index (χ2v) is 7.11. The summed E-state index contributed by atoms with van der Waals surface area (Å²) in [5, 5.41) is 18.8. The van der Waals surface area contributed by atoms with Crippen LogP contribution in [0.3, 0.4) is 0 Å². The number of phenolic OH excluding ortho intramolecular Hbond substituents is 2. The highest BCUT2D eigenvalue weighted by Crippen LogP contribution is 2.20. The van der Waals surface area contributed by atoms with E-state index in [1.165, 1.54) is 13.8 Å². The Morgan fingerprint density at radius 3 is 1.38 bits per heavy atom. The van der Waals surface area contributed by atoms with E-state index in [2.05, 4.69) is 0 Å². The molecular formula is C23H28O6. The van der Waals surface area contributed by atoms with E-state index in [9.17, 15) is 19.8 Å². The van der Waals surface area contributed by atoms with Gasteiger partial charge in [0.05, 0.1) is 0 Å². The molecule has 0 bridgehead atoms. The van der Waals surface area contributed by atoms with Gasteiger partial charge in [0.15, 0.2) is 0 Å². The minimum atomic E-state index is -0.384. The average Bonchev–Trinajstić information content (AvgIpc) is 2.66. The van der Waals surface area contributed by atoms with Crippen molar-refractivity contribution in [1.82, 2.24) is 0 Å². The molecule has 0 spiro atoms. The maximum atomic E-state index is 11.5. The first-order chi connectivity index (χ1) is 13.8. The van der Waals surface area contributed by atoms with Crippen molar-refractivity contribution < 1.29 is 29.3 Å². The molecule has 0 heterocycles. The standard InChI is InChI=1S/C23H28O6/c1-16(24)28-22(13-7-18-3-9-20(26)10-4-18)15-23(29-17(2)25)14-8-19-5-11-21(27)12-6-19/h3-6,9-12,22-23,26-27H,7-8,13-15H2,1-2H3. The molecule has 6 heteroatoms. The maximum absolute atomic E-state index is 11.5. The van der Waals surface area contributed by atoms with E-state index >= 15 is 0 Å². The Morgan fingerprint density at radius 2 is 1.07 bits per heavy atom. The summed E-state index contributed by atoms with van der Waals surface area (Å²) >= 11 is 0. The summed E-state index contributed by atoms with van der Waals surface area (Å²) in [7, 11) is 0. The lowest BCUT2D eigenvalue weighted by molar-refractivity contribution is -0.153. The lowest BCUT2D eigenvalue weighted by atomic mass is 9.98. The van der Waals surface area contributed by atoms with Crippen LogP contribution in [0, 0.1) is 0 Å². The Balaban J connectivity index is 1.99. The molecular weight excluding hydrogens is 372 g/mol. The number of ether oxygens (including phenoxy) is 2. The number of aryl methyl sites for hydroxylation is 2. The van der Waals surface area contributed by atoms with Crippen molar-refractivity contribution >= 4 is 11.9 Å². The summed E-state index contributed by atoms with van der Waals surface area (Å²) < 4.78 is 10.9. The summed E-state index contributed by atoms with van der Waals surface area (Å²) in [5.74, 6) is -0.342. The fourth-order valence-corrected chi connectivity index (χ4v) is 3.19. The topological polar surface area (TPSA) is 93.1 Å². The molecule has 2 rings (SSSR count). The van der Waals surface area contributed by atoms with Crippen molar-refractivity contribution in [1.29, 1.82) is 0 Å². The van der Waals surface area contributed by atoms with E-state index in [4.69, 9.17) is 9.47 Å². The van der Waals surface area contributed by atoms with Crippen molar-refractivity contribution in [3.05, 3.63) is 59.7 Å². The van der Waals surface area contributed by atoms with Gasteiger partial charge >= 0.3 is 11.9 Å². The molecule has 0 fully saturated rings. The van der Waals surface area contributed by atoms with Crippen LogP contribution in [0.25, 0.3) is 0 Å². The van der Waals surface area contributed by atoms with E-state index in [1.54, 1.807) is 24.3 Å². The fourth-order valence-electron chi connectivity index (χ4n) is 3.19. The normalized spacial score (nSPS) is 12.8. The van der Waals surface area contributed by atoms with E-state index in [0.29, 0.717) is 32.1 Å². The smallest absolute Gasteiger partial charge is 0.302 e. The lowest BCUT2D eigenvalue weighted by Gasteiger charge is -2.23. The summed E-state index contributed by atoms with van der Waals surface area (Å²) in [5.41, 5.74) is 2.04. The number of hydrogen-bond acceptors (Lipinski definition) is 6. The van der Waals surface area contributed by atoms with Crippen LogP contribution < -0.4 is 0 Å². The molecule has 156 valence electrons. The third kappa shape index (κ3) is 8.68. The molecule has 2 atom stereocenters. The van der Waals surface area contributed by atoms with E-state index in [-0.39, 0.29) is 35.6 Å². The number of phenols is 2. The number of esters is 2. The zero-order valence-corrected chi connectivity index (χ0v) is 16.8. The number of aromatic hydroxyl groups is 2. The van der Waals surface area contributed by atoms with Crippen molar-refractivity contribution in [3.8, 4) is 11.5 Å². The quantitative estimate of drug-likeness (QED) is 0.587. The SMILES string of the molecule is CC(=O)OC(CCc1ccc(O)cc1)CC(CCc1ccc(O)cc1)OC(C)=O. The van der Waals surface area contributed by atoms with Crippen LogP contribution in [0.4, 0.5) is 0 Å². The predicted octanol–water partition coefficient (Wildman–Crippen LogP) is 3.92. The summed E-state index contributed by atoms with van der Waals surface area (Å²) in [6.45, 7) is 2.73. The Hall–Kier alpha value is -3.02. The molecule has 0 aromatic heterocycles. The van der Waals surface area contributed by atoms with Gasteiger partial charge in [0.25, 0.3) is 0 Å². The molecule has 0 radical (unpaired) electrons. The van der Waals surface area contributed by atoms with Gasteiger partial charge in [-0.2, -0.15) is 0 Å². The van der Waals surface area contributed by atoms with E-state index in [1.807, 2.05) is 24.3 Å². The van der Waals surface area contributed by atoms with Crippen LogP contribution in [0.1, 0.15) is 44.2 Å². The molecule has 29 heavy (non-hydrogen) atoms. The second-order valence-electron chi connectivity index (χ2n) is 7.11. The zero-order chi connectivity index (χ0) is 21.2. The Labute approximate surface area is 171 Å². The number of benzene rings is 2. The van der Waals surface area contributed by atoms with Gasteiger partial charge < -0.3 is 19.7 Å². The van der Waals surface area contributed by atoms with Crippen LogP contribution in [0.5, 0.6) is 11.5 Å². The largest absolute Gasteiger partial charge is 0.508 e. The monoisotopic (exact) mass is 400 g/mol. The number of carbonyl (C=O) groups is 2. The van der Waals surface area contributed by atoms with E-state index in [0.717, 1.165) is 11.1 Å². The van der Waals surface area contributed by atoms with E-state index < -0.39 is 0 Å². The summed E-state index contributed by atoms with van der Waals surface area (Å²) in [6.07, 6.45) is 2.15. The van der Waals surface area contributed by atoms with Crippen molar-refractivity contribution in [2.75, 3.05) is 0 Å². The van der Waals surface area contributed by atoms with Crippen molar-refractivity contribution in [2.24, 2.45) is 0 Å². The number of rotatable bonds is 10. The Morgan fingerprint density at radius 1 is 0.724 bits per heavy atom. The van der Waals surface area contributed by atoms with Gasteiger partial charge in [0.1, 0.15) is 23.7 Å². The minimum absolute atomic E-state index is 0.203. The second kappa shape index (κ2) is 11.1. The zero-order valence-electron chi connectivity index (χ0n) is 16.8. The molecule has 0 amide bonds. The van der Waals surface area contributed by atoms with Gasteiger partial charge in [-0.15, -0.1) is 0 Å². The highest BCUT2D eigenvalue weighted by molar-refractivity contribution is 5.66. The molecule has 2 aromatic rings. The van der Waals surface area contributed by atoms with Crippen LogP contribution in [-0.2, 0) is 31.9 Å². The van der Waals surface area contributed by atoms with Crippen LogP contribution >= 0.6 is 0 Å². The van der Waals surface area contributed by atoms with Gasteiger partial charge in [-0.05, 0) is 61.1 Å². The first kappa shape index (κ1) is 22.3. The molecule has 6 nitrogen and oxygen atoms in total. The highest BCUT2D eigenvalue weighted by atomic mass is 16.6. The van der Waals surface area contributed by atoms with Crippen LogP contribution in [-0.4, -0.2) is 34.4 Å². The van der Waals surface area contributed by atoms with Gasteiger partial charge in [-0.3, -0.25) is 9.59 Å². The van der Waals surface area contributed by atoms with Crippen LogP contribution in [0.15, 0.2) is 48.5 Å². The average molecular weight is 400 g/mol. The predicted molar refractivity (Wildman–Crippen MR) is 109 cm³/mol. The molecule has 0 aliphatic heterocycles. The van der Waals surface area contributed by atoms with Gasteiger partial charge in [0.2, 0.25) is 0 Å². The molecule has 0 aliphatic rings. The van der Waals surface area contributed by atoms with Gasteiger partial charge in [-0.1, -0.05) is 24.3 Å². The first-order valence-corrected chi connectivity index (χ1v) is 9.72. The molecule has 2 unspecified atom stereocenters. The Kier molecular flexibility index (Phi) is 8.52. The van der Waals surface area contributed by atoms with Crippen LogP contribution in [0.2, 0.25) is 0 Å². The molecule has 0 saturated heterocycles. The maximum Gasteiger partial charge on any atom is 0.302 e. The molecule has 2 aromatic carbocycles. The summed E-state index contributed by atoms with van der Waals surface area (Å²) in [6, 6.07) is 13.8. The molecule has 0 aliphatic carbocycles. The molecule has 0 saturated carbocycles. The van der Waals surface area contributed by atoms with Crippen molar-refractivity contribution in [2.45, 2.75) is 58.2 Å². The Bertz CT molecular complexity index is 715. The third-order valence-corrected chi connectivity index (χ3v) is 4.57. The molecule has 2 N–H and O–H groups in total. The first-order valence-electron chi connectivity index (χ1n) is 9.72. The van der Waals surface area contributed by atoms with Crippen molar-refractivity contribution in [3.63, 3.8) is 0 Å².